The quantitative estimate of drug-likeness (QED) is 0.810. The summed E-state index contributed by atoms with van der Waals surface area (Å²) in [4.78, 5) is 11.0. The average molecular weight is 207 g/mol. The fraction of sp³-hybridized carbons (Fsp3) is 0.583. The SMILES string of the molecule is CC1CCC(n2cccc2C(=O)O)C1C. The van der Waals surface area contributed by atoms with Gasteiger partial charge in [0.05, 0.1) is 0 Å². The van der Waals surface area contributed by atoms with Gasteiger partial charge in [-0.1, -0.05) is 13.8 Å². The van der Waals surface area contributed by atoms with E-state index in [1.807, 2.05) is 16.8 Å². The summed E-state index contributed by atoms with van der Waals surface area (Å²) in [5.41, 5.74) is 0.418. The zero-order valence-electron chi connectivity index (χ0n) is 9.18. The van der Waals surface area contributed by atoms with Crippen molar-refractivity contribution in [2.24, 2.45) is 11.8 Å². The van der Waals surface area contributed by atoms with E-state index in [0.717, 1.165) is 6.42 Å². The van der Waals surface area contributed by atoms with E-state index in [-0.39, 0.29) is 0 Å². The van der Waals surface area contributed by atoms with Crippen LogP contribution in [-0.2, 0) is 0 Å². The van der Waals surface area contributed by atoms with E-state index in [9.17, 15) is 4.79 Å². The number of carboxylic acids is 1. The zero-order valence-corrected chi connectivity index (χ0v) is 9.18. The van der Waals surface area contributed by atoms with Gasteiger partial charge in [0.25, 0.3) is 0 Å². The minimum atomic E-state index is -0.827. The van der Waals surface area contributed by atoms with Crippen LogP contribution in [0.2, 0.25) is 0 Å². The molecule has 3 unspecified atom stereocenters. The molecular weight excluding hydrogens is 190 g/mol. The Bertz CT molecular complexity index is 369. The highest BCUT2D eigenvalue weighted by molar-refractivity contribution is 5.85. The van der Waals surface area contributed by atoms with Gasteiger partial charge in [-0.05, 0) is 36.8 Å². The molecule has 82 valence electrons. The van der Waals surface area contributed by atoms with Crippen molar-refractivity contribution in [3.63, 3.8) is 0 Å². The molecule has 1 saturated carbocycles. The monoisotopic (exact) mass is 207 g/mol. The first-order valence-corrected chi connectivity index (χ1v) is 5.51. The van der Waals surface area contributed by atoms with E-state index < -0.39 is 5.97 Å². The fourth-order valence-electron chi connectivity index (χ4n) is 2.60. The molecule has 0 radical (unpaired) electrons. The third kappa shape index (κ3) is 1.66. The molecule has 0 spiro atoms. The van der Waals surface area contributed by atoms with Gasteiger partial charge in [-0.3, -0.25) is 0 Å². The van der Waals surface area contributed by atoms with Crippen LogP contribution in [0.25, 0.3) is 0 Å². The largest absolute Gasteiger partial charge is 0.477 e. The molecule has 0 saturated heterocycles. The minimum Gasteiger partial charge on any atom is -0.477 e. The Kier molecular flexibility index (Phi) is 2.55. The molecule has 0 amide bonds. The highest BCUT2D eigenvalue weighted by atomic mass is 16.4. The van der Waals surface area contributed by atoms with E-state index >= 15 is 0 Å². The molecular formula is C12H17NO2. The third-order valence-corrected chi connectivity index (χ3v) is 3.78. The van der Waals surface area contributed by atoms with Gasteiger partial charge in [-0.15, -0.1) is 0 Å². The van der Waals surface area contributed by atoms with Gasteiger partial charge in [0.1, 0.15) is 5.69 Å². The zero-order chi connectivity index (χ0) is 11.0. The molecule has 1 aliphatic rings. The fourth-order valence-corrected chi connectivity index (χ4v) is 2.60. The summed E-state index contributed by atoms with van der Waals surface area (Å²) in [6.45, 7) is 4.46. The van der Waals surface area contributed by atoms with Crippen LogP contribution in [0, 0.1) is 11.8 Å². The van der Waals surface area contributed by atoms with Gasteiger partial charge in [-0.2, -0.15) is 0 Å². The standard InChI is InChI=1S/C12H17NO2/c1-8-5-6-10(9(8)2)13-7-3-4-11(13)12(14)15/h3-4,7-10H,5-6H2,1-2H3,(H,14,15). The van der Waals surface area contributed by atoms with Gasteiger partial charge in [0, 0.05) is 12.2 Å². The Balaban J connectivity index is 2.30. The first-order valence-electron chi connectivity index (χ1n) is 5.51. The van der Waals surface area contributed by atoms with Gasteiger partial charge in [-0.25, -0.2) is 4.79 Å². The molecule has 0 aromatic carbocycles. The summed E-state index contributed by atoms with van der Waals surface area (Å²) in [6.07, 6.45) is 4.18. The van der Waals surface area contributed by atoms with Crippen molar-refractivity contribution in [2.75, 3.05) is 0 Å². The Morgan fingerprint density at radius 2 is 2.20 bits per heavy atom. The van der Waals surface area contributed by atoms with Crippen LogP contribution in [0.5, 0.6) is 0 Å². The van der Waals surface area contributed by atoms with Crippen molar-refractivity contribution in [1.29, 1.82) is 0 Å². The molecule has 2 rings (SSSR count). The summed E-state index contributed by atoms with van der Waals surface area (Å²) in [7, 11) is 0. The Labute approximate surface area is 89.7 Å². The van der Waals surface area contributed by atoms with Crippen LogP contribution < -0.4 is 0 Å². The van der Waals surface area contributed by atoms with Gasteiger partial charge < -0.3 is 9.67 Å². The number of carboxylic acid groups (broad SMARTS) is 1. The highest BCUT2D eigenvalue weighted by Gasteiger charge is 2.32. The smallest absolute Gasteiger partial charge is 0.352 e. The lowest BCUT2D eigenvalue weighted by Gasteiger charge is -2.21. The number of hydrogen-bond acceptors (Lipinski definition) is 1. The summed E-state index contributed by atoms with van der Waals surface area (Å²) in [5.74, 6) is 0.432. The molecule has 3 nitrogen and oxygen atoms in total. The number of rotatable bonds is 2. The van der Waals surface area contributed by atoms with Crippen LogP contribution in [0.4, 0.5) is 0 Å². The van der Waals surface area contributed by atoms with E-state index in [2.05, 4.69) is 13.8 Å². The molecule has 1 heterocycles. The minimum absolute atomic E-state index is 0.362. The lowest BCUT2D eigenvalue weighted by molar-refractivity contribution is 0.0681. The van der Waals surface area contributed by atoms with Crippen LogP contribution in [0.1, 0.15) is 43.2 Å². The van der Waals surface area contributed by atoms with Crippen LogP contribution >= 0.6 is 0 Å². The molecule has 0 bridgehead atoms. The second-order valence-corrected chi connectivity index (χ2v) is 4.59. The van der Waals surface area contributed by atoms with Crippen LogP contribution in [0.15, 0.2) is 18.3 Å². The summed E-state index contributed by atoms with van der Waals surface area (Å²) in [5, 5.41) is 9.05. The second kappa shape index (κ2) is 3.72. The highest BCUT2D eigenvalue weighted by Crippen LogP contribution is 2.40. The van der Waals surface area contributed by atoms with Crippen molar-refractivity contribution in [3.8, 4) is 0 Å². The van der Waals surface area contributed by atoms with Crippen molar-refractivity contribution in [3.05, 3.63) is 24.0 Å². The van der Waals surface area contributed by atoms with E-state index in [0.29, 0.717) is 23.6 Å². The van der Waals surface area contributed by atoms with Crippen molar-refractivity contribution < 1.29 is 9.90 Å². The summed E-state index contributed by atoms with van der Waals surface area (Å²) in [6, 6.07) is 3.86. The first kappa shape index (κ1) is 10.3. The Hall–Kier alpha value is -1.25. The second-order valence-electron chi connectivity index (χ2n) is 4.59. The summed E-state index contributed by atoms with van der Waals surface area (Å²) < 4.78 is 1.93. The molecule has 1 aromatic rings. The maximum absolute atomic E-state index is 11.0. The van der Waals surface area contributed by atoms with E-state index in [4.69, 9.17) is 5.11 Å². The molecule has 1 aromatic heterocycles. The first-order chi connectivity index (χ1) is 7.11. The van der Waals surface area contributed by atoms with Crippen molar-refractivity contribution in [2.45, 2.75) is 32.7 Å². The molecule has 15 heavy (non-hydrogen) atoms. The number of hydrogen-bond donors (Lipinski definition) is 1. The molecule has 0 aliphatic heterocycles. The molecule has 1 fully saturated rings. The number of carbonyl (C=O) groups is 1. The van der Waals surface area contributed by atoms with Crippen molar-refractivity contribution >= 4 is 5.97 Å². The molecule has 1 N–H and O–H groups in total. The Morgan fingerprint density at radius 1 is 1.47 bits per heavy atom. The average Bonchev–Trinajstić information content (AvgIpc) is 2.75. The maximum atomic E-state index is 11.0. The molecule has 1 aliphatic carbocycles. The maximum Gasteiger partial charge on any atom is 0.352 e. The molecule has 3 atom stereocenters. The van der Waals surface area contributed by atoms with Gasteiger partial charge in [0.2, 0.25) is 0 Å². The van der Waals surface area contributed by atoms with Gasteiger partial charge >= 0.3 is 5.97 Å². The summed E-state index contributed by atoms with van der Waals surface area (Å²) >= 11 is 0. The van der Waals surface area contributed by atoms with Crippen molar-refractivity contribution in [1.82, 2.24) is 4.57 Å². The number of nitrogens with zero attached hydrogens (tertiary/aromatic N) is 1. The van der Waals surface area contributed by atoms with Crippen LogP contribution in [-0.4, -0.2) is 15.6 Å². The van der Waals surface area contributed by atoms with Crippen LogP contribution in [0.3, 0.4) is 0 Å². The van der Waals surface area contributed by atoms with E-state index in [1.165, 1.54) is 6.42 Å². The number of aromatic nitrogens is 1. The molecule has 3 heteroatoms. The lowest BCUT2D eigenvalue weighted by atomic mass is 9.97. The normalized spacial score (nSPS) is 30.7. The lowest BCUT2D eigenvalue weighted by Crippen LogP contribution is -2.18. The predicted molar refractivity (Wildman–Crippen MR) is 58.0 cm³/mol. The topological polar surface area (TPSA) is 42.2 Å². The third-order valence-electron chi connectivity index (χ3n) is 3.78. The Morgan fingerprint density at radius 3 is 2.73 bits per heavy atom. The van der Waals surface area contributed by atoms with E-state index in [1.54, 1.807) is 6.07 Å². The van der Waals surface area contributed by atoms with Gasteiger partial charge in [0.15, 0.2) is 0 Å². The number of aromatic carboxylic acids is 1. The predicted octanol–water partition coefficient (Wildman–Crippen LogP) is 2.79.